The van der Waals surface area contributed by atoms with Crippen LogP contribution in [0.1, 0.15) is 11.1 Å². The first-order valence-corrected chi connectivity index (χ1v) is 11.7. The van der Waals surface area contributed by atoms with Gasteiger partial charge in [0.05, 0.1) is 25.7 Å². The number of anilines is 1. The Hall–Kier alpha value is -3.40. The molecule has 0 fully saturated rings. The zero-order valence-electron chi connectivity index (χ0n) is 17.5. The number of methoxy groups -OCH3 is 1. The van der Waals surface area contributed by atoms with Gasteiger partial charge >= 0.3 is 0 Å². The minimum absolute atomic E-state index is 0.0360. The Kier molecular flexibility index (Phi) is 6.64. The van der Waals surface area contributed by atoms with Crippen molar-refractivity contribution in [3.63, 3.8) is 0 Å². The maximum atomic E-state index is 13.0. The molecule has 1 heterocycles. The summed E-state index contributed by atoms with van der Waals surface area (Å²) in [7, 11) is -2.61. The van der Waals surface area contributed by atoms with Gasteiger partial charge in [0.1, 0.15) is 10.6 Å². The normalized spacial score (nSPS) is 11.5. The minimum atomic E-state index is -4.16. The lowest BCUT2D eigenvalue weighted by Crippen LogP contribution is -2.15. The van der Waals surface area contributed by atoms with Crippen molar-refractivity contribution < 1.29 is 22.1 Å². The number of carbonyl (C=O) groups excluding carboxylic acids is 1. The maximum Gasteiger partial charge on any atom is 0.298 e. The maximum absolute atomic E-state index is 13.0. The summed E-state index contributed by atoms with van der Waals surface area (Å²) in [4.78, 5) is 12.4. The lowest BCUT2D eigenvalue weighted by atomic mass is 10.1. The highest BCUT2D eigenvalue weighted by atomic mass is 35.5. The van der Waals surface area contributed by atoms with Crippen molar-refractivity contribution >= 4 is 44.2 Å². The summed E-state index contributed by atoms with van der Waals surface area (Å²) in [6.07, 6.45) is 1.50. The molecule has 0 aliphatic carbocycles. The van der Waals surface area contributed by atoms with Gasteiger partial charge in [-0.3, -0.25) is 14.1 Å². The molecule has 1 aromatic heterocycles. The van der Waals surface area contributed by atoms with E-state index in [1.54, 1.807) is 61.7 Å². The second-order valence-corrected chi connectivity index (χ2v) is 9.16. The summed E-state index contributed by atoms with van der Waals surface area (Å²) < 4.78 is 36.4. The molecule has 2 N–H and O–H groups in total. The molecule has 3 aromatic carbocycles. The molecule has 0 saturated heterocycles. The van der Waals surface area contributed by atoms with E-state index in [9.17, 15) is 13.2 Å². The second-order valence-electron chi connectivity index (χ2n) is 7.17. The van der Waals surface area contributed by atoms with E-state index in [2.05, 4.69) is 15.5 Å². The van der Waals surface area contributed by atoms with E-state index in [4.69, 9.17) is 20.5 Å². The predicted molar refractivity (Wildman–Crippen MR) is 125 cm³/mol. The summed E-state index contributed by atoms with van der Waals surface area (Å²) >= 11 is 6.13. The first kappa shape index (κ1) is 22.8. The number of nitrogens with zero attached hydrogens (tertiary/aromatic N) is 1. The average Bonchev–Trinajstić information content (AvgIpc) is 3.27. The molecule has 33 heavy (non-hydrogen) atoms. The van der Waals surface area contributed by atoms with Gasteiger partial charge in [-0.1, -0.05) is 41.9 Å². The SMILES string of the molecule is COc1ccc(COS(=O)(=O)c2cc(NC(=O)Cc3ccccc3Cl)cc3n[nH]cc23)cc1. The number of carbonyl (C=O) groups is 1. The topological polar surface area (TPSA) is 110 Å². The molecule has 170 valence electrons. The highest BCUT2D eigenvalue weighted by molar-refractivity contribution is 7.87. The molecule has 0 aliphatic rings. The van der Waals surface area contributed by atoms with Crippen LogP contribution in [0.2, 0.25) is 5.02 Å². The van der Waals surface area contributed by atoms with Gasteiger partial charge in [-0.25, -0.2) is 0 Å². The standard InChI is InChI=1S/C23H20ClN3O5S/c1-31-18-8-6-15(7-9-18)14-32-33(29,30)22-12-17(11-21-19(22)13-25-27-21)26-23(28)10-16-4-2-3-5-20(16)24/h2-9,11-13H,10,14H2,1H3,(H,25,27)(H,26,28). The van der Waals surface area contributed by atoms with E-state index >= 15 is 0 Å². The highest BCUT2D eigenvalue weighted by Crippen LogP contribution is 2.28. The number of nitrogens with one attached hydrogen (secondary N) is 2. The number of aromatic nitrogens is 2. The average molecular weight is 486 g/mol. The molecule has 0 saturated carbocycles. The molecule has 0 unspecified atom stereocenters. The Morgan fingerprint density at radius 3 is 2.61 bits per heavy atom. The van der Waals surface area contributed by atoms with Crippen molar-refractivity contribution in [1.29, 1.82) is 0 Å². The molecular weight excluding hydrogens is 466 g/mol. The first-order valence-electron chi connectivity index (χ1n) is 9.89. The molecule has 0 atom stereocenters. The van der Waals surface area contributed by atoms with Crippen LogP contribution in [0.5, 0.6) is 5.75 Å². The zero-order valence-corrected chi connectivity index (χ0v) is 19.1. The number of amides is 1. The van der Waals surface area contributed by atoms with Gasteiger partial charge in [-0.2, -0.15) is 13.5 Å². The molecule has 0 bridgehead atoms. The molecule has 1 amide bonds. The lowest BCUT2D eigenvalue weighted by molar-refractivity contribution is -0.115. The molecule has 0 aliphatic heterocycles. The van der Waals surface area contributed by atoms with E-state index < -0.39 is 10.1 Å². The third-order valence-corrected chi connectivity index (χ3v) is 6.59. The van der Waals surface area contributed by atoms with Gasteiger partial charge in [0, 0.05) is 22.3 Å². The number of hydrogen-bond donors (Lipinski definition) is 2. The Morgan fingerprint density at radius 2 is 1.88 bits per heavy atom. The van der Waals surface area contributed by atoms with Crippen molar-refractivity contribution in [3.05, 3.63) is 83.0 Å². The number of fused-ring (bicyclic) bond motifs is 1. The Balaban J connectivity index is 1.56. The second kappa shape index (κ2) is 9.62. The van der Waals surface area contributed by atoms with Crippen molar-refractivity contribution in [2.75, 3.05) is 12.4 Å². The third kappa shape index (κ3) is 5.33. The smallest absolute Gasteiger partial charge is 0.298 e. The first-order chi connectivity index (χ1) is 15.9. The zero-order chi connectivity index (χ0) is 23.4. The summed E-state index contributed by atoms with van der Waals surface area (Å²) in [5.74, 6) is 0.308. The van der Waals surface area contributed by atoms with Crippen molar-refractivity contribution in [1.82, 2.24) is 10.2 Å². The molecular formula is C23H20ClN3O5S. The number of hydrogen-bond acceptors (Lipinski definition) is 6. The predicted octanol–water partition coefficient (Wildman–Crippen LogP) is 4.31. The lowest BCUT2D eigenvalue weighted by Gasteiger charge is -2.11. The van der Waals surface area contributed by atoms with Crippen molar-refractivity contribution in [2.45, 2.75) is 17.9 Å². The third-order valence-electron chi connectivity index (χ3n) is 4.92. The fraction of sp³-hybridized carbons (Fsp3) is 0.130. The number of H-pyrrole nitrogens is 1. The molecule has 0 spiro atoms. The van der Waals surface area contributed by atoms with Crippen LogP contribution in [-0.2, 0) is 32.1 Å². The number of benzene rings is 3. The fourth-order valence-electron chi connectivity index (χ4n) is 3.25. The summed E-state index contributed by atoms with van der Waals surface area (Å²) in [5, 5.41) is 10.3. The number of rotatable bonds is 8. The van der Waals surface area contributed by atoms with Gasteiger partial charge in [0.2, 0.25) is 5.91 Å². The van der Waals surface area contributed by atoms with Crippen LogP contribution in [0, 0.1) is 0 Å². The molecule has 4 rings (SSSR count). The monoisotopic (exact) mass is 485 g/mol. The van der Waals surface area contributed by atoms with Crippen LogP contribution in [0.4, 0.5) is 5.69 Å². The van der Waals surface area contributed by atoms with Crippen LogP contribution >= 0.6 is 11.6 Å². The highest BCUT2D eigenvalue weighted by Gasteiger charge is 2.22. The van der Waals surface area contributed by atoms with Crippen LogP contribution in [0.15, 0.2) is 71.8 Å². The Morgan fingerprint density at radius 1 is 1.12 bits per heavy atom. The molecule has 0 radical (unpaired) electrons. The Labute approximate surface area is 195 Å². The summed E-state index contributed by atoms with van der Waals surface area (Å²) in [6.45, 7) is -0.158. The van der Waals surface area contributed by atoms with Crippen molar-refractivity contribution in [3.8, 4) is 5.75 Å². The van der Waals surface area contributed by atoms with Crippen LogP contribution in [-0.4, -0.2) is 31.6 Å². The van der Waals surface area contributed by atoms with Gasteiger partial charge in [0.15, 0.2) is 0 Å². The minimum Gasteiger partial charge on any atom is -0.497 e. The van der Waals surface area contributed by atoms with Crippen LogP contribution in [0.3, 0.4) is 0 Å². The molecule has 4 aromatic rings. The fourth-order valence-corrected chi connectivity index (χ4v) is 4.57. The summed E-state index contributed by atoms with van der Waals surface area (Å²) in [6, 6.07) is 16.8. The van der Waals surface area contributed by atoms with Gasteiger partial charge in [-0.15, -0.1) is 0 Å². The van der Waals surface area contributed by atoms with E-state index in [-0.39, 0.29) is 29.5 Å². The Bertz CT molecular complexity index is 1400. The van der Waals surface area contributed by atoms with Gasteiger partial charge in [0.25, 0.3) is 10.1 Å². The largest absolute Gasteiger partial charge is 0.497 e. The van der Waals surface area contributed by atoms with Gasteiger partial charge < -0.3 is 10.1 Å². The van der Waals surface area contributed by atoms with E-state index in [1.165, 1.54) is 12.3 Å². The molecule has 10 heteroatoms. The molecule has 8 nitrogen and oxygen atoms in total. The van der Waals surface area contributed by atoms with E-state index in [0.29, 0.717) is 32.8 Å². The number of halogens is 1. The van der Waals surface area contributed by atoms with Crippen LogP contribution in [0.25, 0.3) is 10.9 Å². The van der Waals surface area contributed by atoms with Gasteiger partial charge in [-0.05, 0) is 41.5 Å². The number of aromatic amines is 1. The quantitative estimate of drug-likeness (QED) is 0.360. The summed E-state index contributed by atoms with van der Waals surface area (Å²) in [5.41, 5.74) is 1.97. The van der Waals surface area contributed by atoms with Crippen molar-refractivity contribution in [2.24, 2.45) is 0 Å². The van der Waals surface area contributed by atoms with Crippen LogP contribution < -0.4 is 10.1 Å². The van der Waals surface area contributed by atoms with E-state index in [1.807, 2.05) is 0 Å². The van der Waals surface area contributed by atoms with E-state index in [0.717, 1.165) is 0 Å². The number of ether oxygens (including phenoxy) is 1.